The summed E-state index contributed by atoms with van der Waals surface area (Å²) >= 11 is 0. The minimum Gasteiger partial charge on any atom is -0.481 e. The highest BCUT2D eigenvalue weighted by Gasteiger charge is 2.10. The third kappa shape index (κ3) is 2.33. The second-order valence-electron chi connectivity index (χ2n) is 4.63. The van der Waals surface area contributed by atoms with Gasteiger partial charge in [0.2, 0.25) is 0 Å². The van der Waals surface area contributed by atoms with Crippen LogP contribution in [0.1, 0.15) is 37.3 Å². The molecule has 0 saturated heterocycles. The molecule has 1 aromatic carbocycles. The molecule has 1 aromatic heterocycles. The standard InChI is InChI=1S/C14H17NO2/c1-9(2)11-4-3-5-12-10(6-7-13(16)17)8-15-14(11)12/h3-5,8-9,15H,6-7H2,1-2H3,(H,16,17). The van der Waals surface area contributed by atoms with E-state index in [-0.39, 0.29) is 6.42 Å². The number of rotatable bonds is 4. The number of carbonyl (C=O) groups is 1. The summed E-state index contributed by atoms with van der Waals surface area (Å²) in [4.78, 5) is 13.9. The van der Waals surface area contributed by atoms with E-state index in [9.17, 15) is 4.79 Å². The maximum absolute atomic E-state index is 10.6. The molecular weight excluding hydrogens is 214 g/mol. The summed E-state index contributed by atoms with van der Waals surface area (Å²) < 4.78 is 0. The van der Waals surface area contributed by atoms with Crippen molar-refractivity contribution in [3.63, 3.8) is 0 Å². The summed E-state index contributed by atoms with van der Waals surface area (Å²) in [7, 11) is 0. The Labute approximate surface area is 100 Å². The number of hydrogen-bond donors (Lipinski definition) is 2. The monoisotopic (exact) mass is 231 g/mol. The van der Waals surface area contributed by atoms with E-state index in [2.05, 4.69) is 31.0 Å². The molecule has 0 bridgehead atoms. The number of aromatic nitrogens is 1. The maximum Gasteiger partial charge on any atom is 0.303 e. The van der Waals surface area contributed by atoms with Gasteiger partial charge in [-0.1, -0.05) is 32.0 Å². The number of carboxylic acids is 1. The Hall–Kier alpha value is -1.77. The Morgan fingerprint density at radius 3 is 2.82 bits per heavy atom. The molecule has 0 aliphatic rings. The molecule has 1 heterocycles. The number of carboxylic acid groups (broad SMARTS) is 1. The van der Waals surface area contributed by atoms with Gasteiger partial charge in [0, 0.05) is 23.5 Å². The Morgan fingerprint density at radius 2 is 2.18 bits per heavy atom. The second kappa shape index (κ2) is 4.62. The minimum absolute atomic E-state index is 0.179. The van der Waals surface area contributed by atoms with Crippen LogP contribution in [-0.2, 0) is 11.2 Å². The fourth-order valence-electron chi connectivity index (χ4n) is 2.17. The van der Waals surface area contributed by atoms with E-state index in [1.807, 2.05) is 12.3 Å². The molecule has 0 spiro atoms. The van der Waals surface area contributed by atoms with Gasteiger partial charge in [0.25, 0.3) is 0 Å². The summed E-state index contributed by atoms with van der Waals surface area (Å²) in [6.07, 6.45) is 2.69. The molecule has 3 heteroatoms. The van der Waals surface area contributed by atoms with Gasteiger partial charge in [-0.25, -0.2) is 0 Å². The lowest BCUT2D eigenvalue weighted by Gasteiger charge is -2.06. The van der Waals surface area contributed by atoms with Crippen LogP contribution >= 0.6 is 0 Å². The van der Waals surface area contributed by atoms with Gasteiger partial charge in [-0.3, -0.25) is 4.79 Å². The first-order valence-corrected chi connectivity index (χ1v) is 5.90. The average Bonchev–Trinajstić information content (AvgIpc) is 2.68. The molecule has 0 aliphatic carbocycles. The van der Waals surface area contributed by atoms with Gasteiger partial charge < -0.3 is 10.1 Å². The zero-order chi connectivity index (χ0) is 12.4. The van der Waals surface area contributed by atoms with Crippen molar-refractivity contribution in [2.45, 2.75) is 32.6 Å². The average molecular weight is 231 g/mol. The Balaban J connectivity index is 2.40. The molecular formula is C14H17NO2. The van der Waals surface area contributed by atoms with Crippen LogP contribution in [0.4, 0.5) is 0 Å². The van der Waals surface area contributed by atoms with Crippen molar-refractivity contribution in [2.24, 2.45) is 0 Å². The lowest BCUT2D eigenvalue weighted by Crippen LogP contribution is -1.96. The van der Waals surface area contributed by atoms with Crippen molar-refractivity contribution in [3.05, 3.63) is 35.5 Å². The molecule has 0 atom stereocenters. The Bertz CT molecular complexity index is 540. The molecule has 2 aromatic rings. The van der Waals surface area contributed by atoms with Crippen LogP contribution in [0.25, 0.3) is 10.9 Å². The van der Waals surface area contributed by atoms with Crippen molar-refractivity contribution in [1.82, 2.24) is 4.98 Å². The molecule has 0 unspecified atom stereocenters. The van der Waals surface area contributed by atoms with Crippen LogP contribution in [0.15, 0.2) is 24.4 Å². The van der Waals surface area contributed by atoms with Crippen LogP contribution < -0.4 is 0 Å². The molecule has 0 fully saturated rings. The molecule has 0 saturated carbocycles. The SMILES string of the molecule is CC(C)c1cccc2c(CCC(=O)O)c[nH]c12. The van der Waals surface area contributed by atoms with Crippen LogP contribution in [-0.4, -0.2) is 16.1 Å². The first-order valence-electron chi connectivity index (χ1n) is 5.90. The van der Waals surface area contributed by atoms with Crippen molar-refractivity contribution < 1.29 is 9.90 Å². The van der Waals surface area contributed by atoms with Crippen LogP contribution in [0, 0.1) is 0 Å². The van der Waals surface area contributed by atoms with Crippen molar-refractivity contribution in [3.8, 4) is 0 Å². The van der Waals surface area contributed by atoms with Gasteiger partial charge in [-0.05, 0) is 23.5 Å². The number of nitrogens with one attached hydrogen (secondary N) is 1. The fraction of sp³-hybridized carbons (Fsp3) is 0.357. The summed E-state index contributed by atoms with van der Waals surface area (Å²) in [5.74, 6) is -0.288. The smallest absolute Gasteiger partial charge is 0.303 e. The van der Waals surface area contributed by atoms with E-state index < -0.39 is 5.97 Å². The molecule has 2 rings (SSSR count). The largest absolute Gasteiger partial charge is 0.481 e. The van der Waals surface area contributed by atoms with Crippen LogP contribution in [0.5, 0.6) is 0 Å². The zero-order valence-corrected chi connectivity index (χ0v) is 10.2. The number of para-hydroxylation sites is 1. The first kappa shape index (κ1) is 11.7. The van der Waals surface area contributed by atoms with Gasteiger partial charge in [0.15, 0.2) is 0 Å². The van der Waals surface area contributed by atoms with Crippen molar-refractivity contribution in [1.29, 1.82) is 0 Å². The summed E-state index contributed by atoms with van der Waals surface area (Å²) in [6, 6.07) is 6.20. The fourth-order valence-corrected chi connectivity index (χ4v) is 2.17. The van der Waals surface area contributed by atoms with E-state index in [1.54, 1.807) is 0 Å². The predicted molar refractivity (Wildman–Crippen MR) is 68.3 cm³/mol. The quantitative estimate of drug-likeness (QED) is 0.848. The predicted octanol–water partition coefficient (Wildman–Crippen LogP) is 3.31. The number of fused-ring (bicyclic) bond motifs is 1. The van der Waals surface area contributed by atoms with Crippen molar-refractivity contribution >= 4 is 16.9 Å². The molecule has 3 nitrogen and oxygen atoms in total. The van der Waals surface area contributed by atoms with Gasteiger partial charge in [-0.2, -0.15) is 0 Å². The third-order valence-corrected chi connectivity index (χ3v) is 3.06. The van der Waals surface area contributed by atoms with Gasteiger partial charge in [0.05, 0.1) is 0 Å². The molecule has 17 heavy (non-hydrogen) atoms. The van der Waals surface area contributed by atoms with E-state index in [0.717, 1.165) is 16.5 Å². The summed E-state index contributed by atoms with van der Waals surface area (Å²) in [5.41, 5.74) is 3.51. The number of benzene rings is 1. The molecule has 2 N–H and O–H groups in total. The topological polar surface area (TPSA) is 53.1 Å². The van der Waals surface area contributed by atoms with E-state index in [1.165, 1.54) is 5.56 Å². The number of aryl methyl sites for hydroxylation is 1. The summed E-state index contributed by atoms with van der Waals surface area (Å²) in [6.45, 7) is 4.32. The Morgan fingerprint density at radius 1 is 1.41 bits per heavy atom. The third-order valence-electron chi connectivity index (χ3n) is 3.06. The highest BCUT2D eigenvalue weighted by Crippen LogP contribution is 2.27. The number of aliphatic carboxylic acids is 1. The maximum atomic E-state index is 10.6. The lowest BCUT2D eigenvalue weighted by atomic mass is 9.99. The first-order chi connectivity index (χ1) is 8.09. The van der Waals surface area contributed by atoms with Gasteiger partial charge >= 0.3 is 5.97 Å². The highest BCUT2D eigenvalue weighted by atomic mass is 16.4. The van der Waals surface area contributed by atoms with Crippen molar-refractivity contribution in [2.75, 3.05) is 0 Å². The summed E-state index contributed by atoms with van der Waals surface area (Å²) in [5, 5.41) is 9.87. The van der Waals surface area contributed by atoms with Crippen LogP contribution in [0.3, 0.4) is 0 Å². The van der Waals surface area contributed by atoms with Gasteiger partial charge in [0.1, 0.15) is 0 Å². The normalized spacial score (nSPS) is 11.2. The molecule has 0 aliphatic heterocycles. The number of aromatic amines is 1. The lowest BCUT2D eigenvalue weighted by molar-refractivity contribution is -0.136. The molecule has 0 amide bonds. The molecule has 0 radical (unpaired) electrons. The highest BCUT2D eigenvalue weighted by molar-refractivity contribution is 5.86. The second-order valence-corrected chi connectivity index (χ2v) is 4.63. The van der Waals surface area contributed by atoms with E-state index in [4.69, 9.17) is 5.11 Å². The van der Waals surface area contributed by atoms with Crippen LogP contribution in [0.2, 0.25) is 0 Å². The number of hydrogen-bond acceptors (Lipinski definition) is 1. The van der Waals surface area contributed by atoms with Gasteiger partial charge in [-0.15, -0.1) is 0 Å². The van der Waals surface area contributed by atoms with E-state index in [0.29, 0.717) is 12.3 Å². The Kier molecular flexibility index (Phi) is 3.18. The minimum atomic E-state index is -0.751. The number of H-pyrrole nitrogens is 1. The zero-order valence-electron chi connectivity index (χ0n) is 10.2. The molecule has 90 valence electrons. The van der Waals surface area contributed by atoms with E-state index >= 15 is 0 Å².